The van der Waals surface area contributed by atoms with Gasteiger partial charge in [-0.05, 0) is 41.3 Å². The zero-order chi connectivity index (χ0) is 16.4. The average molecular weight is 329 g/mol. The minimum atomic E-state index is -0.0948. The number of anilines is 1. The minimum absolute atomic E-state index is 0.0948. The summed E-state index contributed by atoms with van der Waals surface area (Å²) in [4.78, 5) is 12.5. The number of benzene rings is 3. The Bertz CT molecular complexity index is 1000. The van der Waals surface area contributed by atoms with E-state index in [4.69, 9.17) is 0 Å². The SMILES string of the molecule is O=C(Nc1ccccc1)c1cccc(-c2csc3ccccc23)c1. The molecule has 2 nitrogen and oxygen atoms in total. The van der Waals surface area contributed by atoms with Crippen molar-refractivity contribution in [1.29, 1.82) is 0 Å². The standard InChI is InChI=1S/C21H15NOS/c23-21(22-17-9-2-1-3-10-17)16-8-6-7-15(13-16)19-14-24-20-12-5-4-11-18(19)20/h1-14H,(H,22,23). The van der Waals surface area contributed by atoms with Gasteiger partial charge in [-0.1, -0.05) is 48.5 Å². The fourth-order valence-corrected chi connectivity index (χ4v) is 3.72. The van der Waals surface area contributed by atoms with Crippen molar-refractivity contribution in [3.8, 4) is 11.1 Å². The van der Waals surface area contributed by atoms with Crippen molar-refractivity contribution in [1.82, 2.24) is 0 Å². The highest BCUT2D eigenvalue weighted by Gasteiger charge is 2.10. The van der Waals surface area contributed by atoms with Gasteiger partial charge >= 0.3 is 0 Å². The molecule has 0 saturated carbocycles. The van der Waals surface area contributed by atoms with Crippen LogP contribution in [0.15, 0.2) is 84.2 Å². The van der Waals surface area contributed by atoms with Crippen LogP contribution in [0, 0.1) is 0 Å². The van der Waals surface area contributed by atoms with E-state index >= 15 is 0 Å². The quantitative estimate of drug-likeness (QED) is 0.504. The molecule has 0 aliphatic heterocycles. The molecule has 0 spiro atoms. The summed E-state index contributed by atoms with van der Waals surface area (Å²) in [6.07, 6.45) is 0. The van der Waals surface area contributed by atoms with Crippen LogP contribution in [0.3, 0.4) is 0 Å². The van der Waals surface area contributed by atoms with Crippen LogP contribution in [0.1, 0.15) is 10.4 Å². The zero-order valence-electron chi connectivity index (χ0n) is 12.9. The maximum absolute atomic E-state index is 12.5. The molecule has 4 rings (SSSR count). The molecule has 1 aromatic heterocycles. The summed E-state index contributed by atoms with van der Waals surface area (Å²) >= 11 is 1.73. The molecule has 0 aliphatic carbocycles. The second-order valence-corrected chi connectivity index (χ2v) is 6.46. The largest absolute Gasteiger partial charge is 0.322 e. The van der Waals surface area contributed by atoms with Crippen molar-refractivity contribution in [2.45, 2.75) is 0 Å². The monoisotopic (exact) mass is 329 g/mol. The molecule has 116 valence electrons. The Kier molecular flexibility index (Phi) is 3.85. The summed E-state index contributed by atoms with van der Waals surface area (Å²) in [7, 11) is 0. The number of rotatable bonds is 3. The Hall–Kier alpha value is -2.91. The number of carbonyl (C=O) groups excluding carboxylic acids is 1. The maximum atomic E-state index is 12.5. The molecule has 0 saturated heterocycles. The van der Waals surface area contributed by atoms with E-state index in [2.05, 4.69) is 22.8 Å². The van der Waals surface area contributed by atoms with Gasteiger partial charge in [-0.2, -0.15) is 0 Å². The third kappa shape index (κ3) is 2.82. The molecule has 1 heterocycles. The summed E-state index contributed by atoms with van der Waals surface area (Å²) in [5.74, 6) is -0.0948. The Labute approximate surface area is 144 Å². The smallest absolute Gasteiger partial charge is 0.255 e. The van der Waals surface area contributed by atoms with Crippen LogP contribution in [0.4, 0.5) is 5.69 Å². The third-order valence-corrected chi connectivity index (χ3v) is 4.91. The van der Waals surface area contributed by atoms with Crippen molar-refractivity contribution in [3.63, 3.8) is 0 Å². The summed E-state index contributed by atoms with van der Waals surface area (Å²) < 4.78 is 1.26. The lowest BCUT2D eigenvalue weighted by atomic mass is 10.0. The number of fused-ring (bicyclic) bond motifs is 1. The molecule has 1 amide bonds. The van der Waals surface area contributed by atoms with Crippen LogP contribution in [0.2, 0.25) is 0 Å². The van der Waals surface area contributed by atoms with Gasteiger partial charge in [0.25, 0.3) is 5.91 Å². The summed E-state index contributed by atoms with van der Waals surface area (Å²) in [6, 6.07) is 25.6. The first-order chi connectivity index (χ1) is 11.8. The highest BCUT2D eigenvalue weighted by Crippen LogP contribution is 2.34. The predicted molar refractivity (Wildman–Crippen MR) is 102 cm³/mol. The number of amides is 1. The molecule has 24 heavy (non-hydrogen) atoms. The van der Waals surface area contributed by atoms with Crippen LogP contribution in [0.25, 0.3) is 21.2 Å². The number of carbonyl (C=O) groups is 1. The third-order valence-electron chi connectivity index (χ3n) is 3.95. The normalized spacial score (nSPS) is 10.7. The van der Waals surface area contributed by atoms with E-state index in [1.165, 1.54) is 15.6 Å². The number of nitrogens with one attached hydrogen (secondary N) is 1. The average Bonchev–Trinajstić information content (AvgIpc) is 3.07. The Morgan fingerprint density at radius 1 is 0.833 bits per heavy atom. The molecule has 1 N–H and O–H groups in total. The second kappa shape index (κ2) is 6.30. The van der Waals surface area contributed by atoms with E-state index in [0.717, 1.165) is 11.3 Å². The van der Waals surface area contributed by atoms with E-state index in [9.17, 15) is 4.79 Å². The summed E-state index contributed by atoms with van der Waals surface area (Å²) in [6.45, 7) is 0. The van der Waals surface area contributed by atoms with Crippen molar-refractivity contribution in [3.05, 3.63) is 89.8 Å². The molecule has 4 aromatic rings. The Morgan fingerprint density at radius 2 is 1.62 bits per heavy atom. The number of hydrogen-bond acceptors (Lipinski definition) is 2. The molecule has 3 aromatic carbocycles. The van der Waals surface area contributed by atoms with Crippen LogP contribution in [0.5, 0.6) is 0 Å². The molecule has 0 fully saturated rings. The van der Waals surface area contributed by atoms with Crippen molar-refractivity contribution >= 4 is 33.0 Å². The second-order valence-electron chi connectivity index (χ2n) is 5.55. The van der Waals surface area contributed by atoms with E-state index in [0.29, 0.717) is 5.56 Å². The van der Waals surface area contributed by atoms with E-state index in [-0.39, 0.29) is 5.91 Å². The fourth-order valence-electron chi connectivity index (χ4n) is 2.75. The predicted octanol–water partition coefficient (Wildman–Crippen LogP) is 5.82. The van der Waals surface area contributed by atoms with E-state index in [1.54, 1.807) is 11.3 Å². The minimum Gasteiger partial charge on any atom is -0.322 e. The van der Waals surface area contributed by atoms with Crippen molar-refractivity contribution < 1.29 is 4.79 Å². The maximum Gasteiger partial charge on any atom is 0.255 e. The van der Waals surface area contributed by atoms with Crippen molar-refractivity contribution in [2.75, 3.05) is 5.32 Å². The molecular formula is C21H15NOS. The molecule has 0 aliphatic rings. The number of thiophene rings is 1. The lowest BCUT2D eigenvalue weighted by molar-refractivity contribution is 0.102. The molecule has 0 bridgehead atoms. The lowest BCUT2D eigenvalue weighted by Crippen LogP contribution is -2.11. The van der Waals surface area contributed by atoms with E-state index in [1.807, 2.05) is 66.7 Å². The van der Waals surface area contributed by atoms with Gasteiger partial charge in [0.05, 0.1) is 0 Å². The first-order valence-corrected chi connectivity index (χ1v) is 8.62. The molecule has 3 heteroatoms. The Morgan fingerprint density at radius 3 is 2.50 bits per heavy atom. The van der Waals surface area contributed by atoms with Gasteiger partial charge in [-0.25, -0.2) is 0 Å². The molecule has 0 atom stereocenters. The highest BCUT2D eigenvalue weighted by atomic mass is 32.1. The fraction of sp³-hybridized carbons (Fsp3) is 0. The topological polar surface area (TPSA) is 29.1 Å². The number of para-hydroxylation sites is 1. The van der Waals surface area contributed by atoms with Gasteiger partial charge in [0.15, 0.2) is 0 Å². The van der Waals surface area contributed by atoms with Gasteiger partial charge in [-0.15, -0.1) is 11.3 Å². The first kappa shape index (κ1) is 14.7. The van der Waals surface area contributed by atoms with Gasteiger partial charge in [0.1, 0.15) is 0 Å². The summed E-state index contributed by atoms with van der Waals surface area (Å²) in [5.41, 5.74) is 3.69. The first-order valence-electron chi connectivity index (χ1n) is 7.74. The van der Waals surface area contributed by atoms with Crippen LogP contribution >= 0.6 is 11.3 Å². The summed E-state index contributed by atoms with van der Waals surface area (Å²) in [5, 5.41) is 6.31. The van der Waals surface area contributed by atoms with Gasteiger partial charge in [0.2, 0.25) is 0 Å². The van der Waals surface area contributed by atoms with Crippen LogP contribution in [-0.4, -0.2) is 5.91 Å². The lowest BCUT2D eigenvalue weighted by Gasteiger charge is -2.07. The van der Waals surface area contributed by atoms with E-state index < -0.39 is 0 Å². The van der Waals surface area contributed by atoms with Crippen LogP contribution in [-0.2, 0) is 0 Å². The molecule has 0 radical (unpaired) electrons. The Balaban J connectivity index is 1.68. The van der Waals surface area contributed by atoms with Crippen LogP contribution < -0.4 is 5.32 Å². The molecule has 0 unspecified atom stereocenters. The molecular weight excluding hydrogens is 314 g/mol. The van der Waals surface area contributed by atoms with Crippen molar-refractivity contribution in [2.24, 2.45) is 0 Å². The van der Waals surface area contributed by atoms with Gasteiger partial charge in [-0.3, -0.25) is 4.79 Å². The van der Waals surface area contributed by atoms with Gasteiger partial charge in [0, 0.05) is 26.9 Å². The zero-order valence-corrected chi connectivity index (χ0v) is 13.7. The number of hydrogen-bond donors (Lipinski definition) is 1. The highest BCUT2D eigenvalue weighted by molar-refractivity contribution is 7.17. The van der Waals surface area contributed by atoms with Gasteiger partial charge < -0.3 is 5.32 Å².